The second-order valence-electron chi connectivity index (χ2n) is 4.83. The fourth-order valence-electron chi connectivity index (χ4n) is 2.18. The molecule has 0 spiro atoms. The normalized spacial score (nSPS) is 20.1. The molecule has 2 rings (SSSR count). The van der Waals surface area contributed by atoms with Crippen LogP contribution < -0.4 is 4.74 Å². The molecule has 2 atom stereocenters. The largest absolute Gasteiger partial charge is 0.480 e. The Bertz CT molecular complexity index is 524. The van der Waals surface area contributed by atoms with Crippen LogP contribution in [0.4, 0.5) is 0 Å². The molecule has 1 saturated heterocycles. The first kappa shape index (κ1) is 14.4. The first-order valence-electron chi connectivity index (χ1n) is 6.68. The molecule has 0 saturated carbocycles. The lowest BCUT2D eigenvalue weighted by Gasteiger charge is -2.32. The van der Waals surface area contributed by atoms with E-state index in [-0.39, 0.29) is 12.0 Å². The Morgan fingerprint density at radius 2 is 2.30 bits per heavy atom. The van der Waals surface area contributed by atoms with Gasteiger partial charge in [0.05, 0.1) is 18.3 Å². The van der Waals surface area contributed by atoms with Gasteiger partial charge < -0.3 is 14.4 Å². The lowest BCUT2D eigenvalue weighted by atomic mass is 10.2. The molecule has 0 aliphatic carbocycles. The number of nitriles is 1. The maximum absolute atomic E-state index is 12.3. The molecule has 5 nitrogen and oxygen atoms in total. The third-order valence-electron chi connectivity index (χ3n) is 3.21. The molecule has 0 N–H and O–H groups in total. The fraction of sp³-hybridized carbons (Fsp3) is 0.467. The van der Waals surface area contributed by atoms with Crippen LogP contribution in [0.25, 0.3) is 0 Å². The number of rotatable bonds is 3. The number of carbonyl (C=O) groups excluding carboxylic acids is 1. The molecule has 106 valence electrons. The molecule has 0 aromatic heterocycles. The van der Waals surface area contributed by atoms with Gasteiger partial charge in [-0.2, -0.15) is 5.26 Å². The van der Waals surface area contributed by atoms with E-state index in [2.05, 4.69) is 6.07 Å². The number of carbonyl (C=O) groups is 1. The van der Waals surface area contributed by atoms with Crippen molar-refractivity contribution in [3.8, 4) is 11.8 Å². The summed E-state index contributed by atoms with van der Waals surface area (Å²) in [5.74, 6) is 0.366. The number of ether oxygens (including phenoxy) is 2. The minimum Gasteiger partial charge on any atom is -0.480 e. The maximum Gasteiger partial charge on any atom is 0.263 e. The number of amides is 1. The van der Waals surface area contributed by atoms with Gasteiger partial charge in [-0.1, -0.05) is 12.1 Å². The first-order chi connectivity index (χ1) is 9.61. The summed E-state index contributed by atoms with van der Waals surface area (Å²) in [5, 5.41) is 9.01. The van der Waals surface area contributed by atoms with Crippen molar-refractivity contribution in [2.45, 2.75) is 26.1 Å². The summed E-state index contributed by atoms with van der Waals surface area (Å²) in [4.78, 5) is 14.1. The van der Waals surface area contributed by atoms with Crippen LogP contribution in [0.2, 0.25) is 0 Å². The second kappa shape index (κ2) is 6.40. The summed E-state index contributed by atoms with van der Waals surface area (Å²) < 4.78 is 11.0. The van der Waals surface area contributed by atoms with Gasteiger partial charge in [0.25, 0.3) is 5.91 Å². The predicted molar refractivity (Wildman–Crippen MR) is 73.2 cm³/mol. The molecule has 0 radical (unpaired) electrons. The van der Waals surface area contributed by atoms with E-state index in [9.17, 15) is 4.79 Å². The third-order valence-corrected chi connectivity index (χ3v) is 3.21. The standard InChI is InChI=1S/C15H18N2O3/c1-11-10-17(7-8-19-11)15(18)12(2)20-14-6-4-3-5-13(14)9-16/h3-6,11-12H,7-8,10H2,1-2H3/t11-,12+/m1/s1. The summed E-state index contributed by atoms with van der Waals surface area (Å²) in [7, 11) is 0. The highest BCUT2D eigenvalue weighted by molar-refractivity contribution is 5.81. The molecule has 1 amide bonds. The van der Waals surface area contributed by atoms with Gasteiger partial charge in [0, 0.05) is 13.1 Å². The molecule has 1 aromatic rings. The van der Waals surface area contributed by atoms with Crippen molar-refractivity contribution < 1.29 is 14.3 Å². The first-order valence-corrected chi connectivity index (χ1v) is 6.68. The number of benzene rings is 1. The zero-order valence-electron chi connectivity index (χ0n) is 11.7. The fourth-order valence-corrected chi connectivity index (χ4v) is 2.18. The zero-order valence-corrected chi connectivity index (χ0v) is 11.7. The maximum atomic E-state index is 12.3. The second-order valence-corrected chi connectivity index (χ2v) is 4.83. The number of morpholine rings is 1. The molecule has 1 aromatic carbocycles. The summed E-state index contributed by atoms with van der Waals surface area (Å²) in [6.07, 6.45) is -0.568. The van der Waals surface area contributed by atoms with Gasteiger partial charge in [-0.25, -0.2) is 0 Å². The van der Waals surface area contributed by atoms with E-state index in [4.69, 9.17) is 14.7 Å². The molecular weight excluding hydrogens is 256 g/mol. The quantitative estimate of drug-likeness (QED) is 0.839. The SMILES string of the molecule is C[C@@H]1CN(C(=O)[C@H](C)Oc2ccccc2C#N)CCO1. The van der Waals surface area contributed by atoms with Gasteiger partial charge in [-0.05, 0) is 26.0 Å². The average Bonchev–Trinajstić information content (AvgIpc) is 2.47. The van der Waals surface area contributed by atoms with E-state index >= 15 is 0 Å². The Kier molecular flexibility index (Phi) is 4.59. The van der Waals surface area contributed by atoms with E-state index in [1.807, 2.05) is 6.92 Å². The Hall–Kier alpha value is -2.06. The highest BCUT2D eigenvalue weighted by Crippen LogP contribution is 2.19. The number of hydrogen-bond acceptors (Lipinski definition) is 4. The van der Waals surface area contributed by atoms with Crippen LogP contribution in [0.1, 0.15) is 19.4 Å². The van der Waals surface area contributed by atoms with E-state index in [0.717, 1.165) is 0 Å². The molecule has 0 unspecified atom stereocenters. The number of hydrogen-bond donors (Lipinski definition) is 0. The van der Waals surface area contributed by atoms with Gasteiger partial charge in [0.15, 0.2) is 6.10 Å². The van der Waals surface area contributed by atoms with Crippen LogP contribution in [0.3, 0.4) is 0 Å². The predicted octanol–water partition coefficient (Wildman–Crippen LogP) is 1.57. The zero-order chi connectivity index (χ0) is 14.5. The van der Waals surface area contributed by atoms with Gasteiger partial charge in [0.2, 0.25) is 0 Å². The molecule has 20 heavy (non-hydrogen) atoms. The summed E-state index contributed by atoms with van der Waals surface area (Å²) in [5.41, 5.74) is 0.433. The van der Waals surface area contributed by atoms with Crippen LogP contribution in [-0.4, -0.2) is 42.7 Å². The van der Waals surface area contributed by atoms with Crippen LogP contribution in [0.5, 0.6) is 5.75 Å². The molecule has 1 fully saturated rings. The van der Waals surface area contributed by atoms with E-state index in [1.54, 1.807) is 36.1 Å². The Labute approximate surface area is 118 Å². The Morgan fingerprint density at radius 1 is 1.55 bits per heavy atom. The van der Waals surface area contributed by atoms with Crippen molar-refractivity contribution in [2.75, 3.05) is 19.7 Å². The number of para-hydroxylation sites is 1. The third kappa shape index (κ3) is 3.28. The summed E-state index contributed by atoms with van der Waals surface area (Å²) in [6, 6.07) is 8.97. The van der Waals surface area contributed by atoms with Crippen LogP contribution in [0.15, 0.2) is 24.3 Å². The van der Waals surface area contributed by atoms with E-state index < -0.39 is 6.10 Å². The summed E-state index contributed by atoms with van der Waals surface area (Å²) in [6.45, 7) is 5.35. The topological polar surface area (TPSA) is 62.6 Å². The van der Waals surface area contributed by atoms with Crippen molar-refractivity contribution in [1.29, 1.82) is 5.26 Å². The van der Waals surface area contributed by atoms with Crippen molar-refractivity contribution in [3.63, 3.8) is 0 Å². The van der Waals surface area contributed by atoms with E-state index in [1.165, 1.54) is 0 Å². The lowest BCUT2D eigenvalue weighted by Crippen LogP contribution is -2.49. The summed E-state index contributed by atoms with van der Waals surface area (Å²) >= 11 is 0. The molecule has 1 heterocycles. The van der Waals surface area contributed by atoms with Gasteiger partial charge in [-0.3, -0.25) is 4.79 Å². The lowest BCUT2D eigenvalue weighted by molar-refractivity contribution is -0.144. The Balaban J connectivity index is 2.02. The van der Waals surface area contributed by atoms with Crippen molar-refractivity contribution >= 4 is 5.91 Å². The van der Waals surface area contributed by atoms with Crippen LogP contribution >= 0.6 is 0 Å². The molecular formula is C15H18N2O3. The van der Waals surface area contributed by atoms with Crippen molar-refractivity contribution in [3.05, 3.63) is 29.8 Å². The number of nitrogens with zero attached hydrogens (tertiary/aromatic N) is 2. The minimum atomic E-state index is -0.616. The van der Waals surface area contributed by atoms with Crippen LogP contribution in [-0.2, 0) is 9.53 Å². The molecule has 1 aliphatic heterocycles. The Morgan fingerprint density at radius 3 is 3.00 bits per heavy atom. The van der Waals surface area contributed by atoms with Gasteiger partial charge >= 0.3 is 0 Å². The smallest absolute Gasteiger partial charge is 0.263 e. The van der Waals surface area contributed by atoms with Crippen molar-refractivity contribution in [2.24, 2.45) is 0 Å². The molecule has 1 aliphatic rings. The van der Waals surface area contributed by atoms with Gasteiger partial charge in [-0.15, -0.1) is 0 Å². The van der Waals surface area contributed by atoms with E-state index in [0.29, 0.717) is 31.0 Å². The average molecular weight is 274 g/mol. The highest BCUT2D eigenvalue weighted by atomic mass is 16.5. The molecule has 0 bridgehead atoms. The van der Waals surface area contributed by atoms with Crippen LogP contribution in [0, 0.1) is 11.3 Å². The monoisotopic (exact) mass is 274 g/mol. The minimum absolute atomic E-state index is 0.0475. The van der Waals surface area contributed by atoms with Crippen molar-refractivity contribution in [1.82, 2.24) is 4.90 Å². The van der Waals surface area contributed by atoms with Gasteiger partial charge in [0.1, 0.15) is 11.8 Å². The molecule has 5 heteroatoms. The highest BCUT2D eigenvalue weighted by Gasteiger charge is 2.26.